The highest BCUT2D eigenvalue weighted by molar-refractivity contribution is 7.80. The van der Waals surface area contributed by atoms with Gasteiger partial charge in [-0.25, -0.2) is 0 Å². The van der Waals surface area contributed by atoms with Crippen LogP contribution in [0.4, 0.5) is 5.69 Å². The maximum atomic E-state index is 12.8. The molecule has 0 amide bonds. The number of carbonyl (C=O) groups is 1. The van der Waals surface area contributed by atoms with Crippen LogP contribution in [0.3, 0.4) is 0 Å². The maximum Gasteiger partial charge on any atom is 0.192 e. The Morgan fingerprint density at radius 1 is 1.22 bits per heavy atom. The minimum absolute atomic E-state index is 0.0653. The largest absolute Gasteiger partial charge is 0.376 e. The number of carbonyl (C=O) groups excluding carboxylic acids is 1. The summed E-state index contributed by atoms with van der Waals surface area (Å²) in [4.78, 5) is 12.8. The Kier molecular flexibility index (Phi) is 6.53. The van der Waals surface area contributed by atoms with Gasteiger partial charge in [0.2, 0.25) is 0 Å². The van der Waals surface area contributed by atoms with Gasteiger partial charge in [0, 0.05) is 16.8 Å². The second-order valence-electron chi connectivity index (χ2n) is 5.92. The van der Waals surface area contributed by atoms with Gasteiger partial charge < -0.3 is 11.1 Å². The summed E-state index contributed by atoms with van der Waals surface area (Å²) in [7, 11) is 0. The Bertz CT molecular complexity index is 611. The smallest absolute Gasteiger partial charge is 0.192 e. The molecule has 0 heterocycles. The number of Topliss-reactive ketones (excluding diaryl/α,β-unsaturated/α-hetero) is 1. The van der Waals surface area contributed by atoms with Crippen molar-refractivity contribution in [2.24, 2.45) is 11.7 Å². The number of nitrogens with one attached hydrogen (secondary N) is 1. The minimum atomic E-state index is 0.0653. The third kappa shape index (κ3) is 5.32. The van der Waals surface area contributed by atoms with Crippen LogP contribution in [0.15, 0.2) is 48.1 Å². The topological polar surface area (TPSA) is 55.1 Å². The lowest BCUT2D eigenvalue weighted by Crippen LogP contribution is -2.18. The zero-order valence-corrected chi connectivity index (χ0v) is 14.4. The molecule has 3 N–H and O–H groups in total. The molecule has 1 aliphatic carbocycles. The Labute approximate surface area is 143 Å². The zero-order valence-electron chi connectivity index (χ0n) is 13.5. The number of ketones is 1. The lowest BCUT2D eigenvalue weighted by molar-refractivity contribution is 0.103. The van der Waals surface area contributed by atoms with Crippen LogP contribution in [-0.2, 0) is 0 Å². The Morgan fingerprint density at radius 2 is 1.87 bits per heavy atom. The number of benzene rings is 1. The lowest BCUT2D eigenvalue weighted by Gasteiger charge is -2.19. The first kappa shape index (κ1) is 17.4. The molecule has 0 aliphatic heterocycles. The Morgan fingerprint density at radius 3 is 2.43 bits per heavy atom. The van der Waals surface area contributed by atoms with Crippen molar-refractivity contribution in [3.05, 3.63) is 53.6 Å². The lowest BCUT2D eigenvalue weighted by atomic mass is 9.86. The summed E-state index contributed by atoms with van der Waals surface area (Å²) < 4.78 is 0. The Balaban J connectivity index is 2.16. The summed E-state index contributed by atoms with van der Waals surface area (Å²) in [5.41, 5.74) is 7.70. The molecule has 122 valence electrons. The molecular weight excluding hydrogens is 304 g/mol. The molecule has 23 heavy (non-hydrogen) atoms. The molecule has 0 atom stereocenters. The summed E-state index contributed by atoms with van der Waals surface area (Å²) in [5, 5.41) is 3.08. The van der Waals surface area contributed by atoms with Crippen LogP contribution >= 0.6 is 12.2 Å². The van der Waals surface area contributed by atoms with E-state index >= 15 is 0 Å². The van der Waals surface area contributed by atoms with Gasteiger partial charge in [0.25, 0.3) is 0 Å². The van der Waals surface area contributed by atoms with Gasteiger partial charge in [-0.2, -0.15) is 0 Å². The fraction of sp³-hybridized carbons (Fsp3) is 0.368. The third-order valence-corrected chi connectivity index (χ3v) is 4.19. The molecule has 2 rings (SSSR count). The van der Waals surface area contributed by atoms with Crippen molar-refractivity contribution in [2.75, 3.05) is 5.32 Å². The summed E-state index contributed by atoms with van der Waals surface area (Å²) in [6.07, 6.45) is 12.2. The molecule has 1 saturated carbocycles. The van der Waals surface area contributed by atoms with E-state index < -0.39 is 0 Å². The fourth-order valence-corrected chi connectivity index (χ4v) is 3.07. The number of nitrogens with two attached hydrogens (primary N) is 1. The van der Waals surface area contributed by atoms with E-state index in [9.17, 15) is 4.79 Å². The zero-order chi connectivity index (χ0) is 16.7. The summed E-state index contributed by atoms with van der Waals surface area (Å²) in [6.45, 7) is 1.94. The van der Waals surface area contributed by atoms with E-state index in [1.54, 1.807) is 12.1 Å². The van der Waals surface area contributed by atoms with Gasteiger partial charge in [-0.05, 0) is 62.2 Å². The van der Waals surface area contributed by atoms with Crippen molar-refractivity contribution in [1.82, 2.24) is 0 Å². The molecular formula is C19H24N2OS. The van der Waals surface area contributed by atoms with Crippen molar-refractivity contribution in [1.29, 1.82) is 0 Å². The fourth-order valence-electron chi connectivity index (χ4n) is 2.96. The number of anilines is 1. The van der Waals surface area contributed by atoms with Crippen LogP contribution in [0.1, 0.15) is 49.4 Å². The number of hydrogen-bond acceptors (Lipinski definition) is 2. The van der Waals surface area contributed by atoms with Crippen molar-refractivity contribution < 1.29 is 4.79 Å². The standard InChI is InChI=1S/C19H24N2OS/c1-2-6-16(13-14-7-4-3-5-8-14)18(22)15-9-11-17(12-10-15)21-19(20)23/h2,6,9-14H,3-5,7-8H2,1H3,(H3,20,21,23)/b6-2-,16-13+. The van der Waals surface area contributed by atoms with Crippen LogP contribution in [0.2, 0.25) is 0 Å². The van der Waals surface area contributed by atoms with Gasteiger partial charge >= 0.3 is 0 Å². The molecule has 3 nitrogen and oxygen atoms in total. The summed E-state index contributed by atoms with van der Waals surface area (Å²) >= 11 is 4.81. The van der Waals surface area contributed by atoms with Gasteiger partial charge in [-0.15, -0.1) is 0 Å². The molecule has 0 unspecified atom stereocenters. The monoisotopic (exact) mass is 328 g/mol. The number of thiocarbonyl (C=S) groups is 1. The first-order valence-corrected chi connectivity index (χ1v) is 8.56. The summed E-state index contributed by atoms with van der Waals surface area (Å²) in [5.74, 6) is 0.588. The van der Waals surface area contributed by atoms with E-state index in [2.05, 4.69) is 11.4 Å². The first-order chi connectivity index (χ1) is 11.1. The second kappa shape index (κ2) is 8.63. The predicted molar refractivity (Wildman–Crippen MR) is 101 cm³/mol. The normalized spacial score (nSPS) is 16.5. The SMILES string of the molecule is C/C=C\C(=C/C1CCCCC1)C(=O)c1ccc(NC(N)=S)cc1. The molecule has 0 radical (unpaired) electrons. The van der Waals surface area contributed by atoms with Crippen molar-refractivity contribution in [3.63, 3.8) is 0 Å². The maximum absolute atomic E-state index is 12.8. The van der Waals surface area contributed by atoms with E-state index in [0.29, 0.717) is 11.5 Å². The van der Waals surface area contributed by atoms with Crippen molar-refractivity contribution >= 4 is 28.8 Å². The van der Waals surface area contributed by atoms with Crippen LogP contribution in [0.25, 0.3) is 0 Å². The van der Waals surface area contributed by atoms with E-state index in [-0.39, 0.29) is 10.9 Å². The van der Waals surface area contributed by atoms with E-state index in [1.165, 1.54) is 32.1 Å². The molecule has 1 aromatic carbocycles. The van der Waals surface area contributed by atoms with Gasteiger partial charge in [-0.3, -0.25) is 4.79 Å². The molecule has 1 fully saturated rings. The predicted octanol–water partition coefficient (Wildman–Crippen LogP) is 4.61. The van der Waals surface area contributed by atoms with Gasteiger partial charge in [-0.1, -0.05) is 37.5 Å². The highest BCUT2D eigenvalue weighted by Crippen LogP contribution is 2.27. The van der Waals surface area contributed by atoms with Crippen LogP contribution in [0.5, 0.6) is 0 Å². The Hall–Kier alpha value is -1.94. The number of allylic oxidation sites excluding steroid dienone is 4. The summed E-state index contributed by atoms with van der Waals surface area (Å²) in [6, 6.07) is 7.25. The van der Waals surface area contributed by atoms with E-state index in [0.717, 1.165) is 11.3 Å². The van der Waals surface area contributed by atoms with Gasteiger partial charge in [0.1, 0.15) is 0 Å². The molecule has 4 heteroatoms. The first-order valence-electron chi connectivity index (χ1n) is 8.16. The van der Waals surface area contributed by atoms with E-state index in [1.807, 2.05) is 31.2 Å². The van der Waals surface area contributed by atoms with Gasteiger partial charge in [0.05, 0.1) is 0 Å². The van der Waals surface area contributed by atoms with Crippen LogP contribution in [0, 0.1) is 5.92 Å². The number of hydrogen-bond donors (Lipinski definition) is 2. The van der Waals surface area contributed by atoms with E-state index in [4.69, 9.17) is 18.0 Å². The average Bonchev–Trinajstić information content (AvgIpc) is 2.55. The third-order valence-electron chi connectivity index (χ3n) is 4.09. The molecule has 0 bridgehead atoms. The molecule has 0 saturated heterocycles. The highest BCUT2D eigenvalue weighted by atomic mass is 32.1. The molecule has 1 aliphatic rings. The number of rotatable bonds is 5. The van der Waals surface area contributed by atoms with Gasteiger partial charge in [0.15, 0.2) is 10.9 Å². The van der Waals surface area contributed by atoms with Crippen molar-refractivity contribution in [2.45, 2.75) is 39.0 Å². The molecule has 0 spiro atoms. The highest BCUT2D eigenvalue weighted by Gasteiger charge is 2.15. The molecule has 1 aromatic rings. The van der Waals surface area contributed by atoms with Crippen LogP contribution in [-0.4, -0.2) is 10.9 Å². The van der Waals surface area contributed by atoms with Crippen molar-refractivity contribution in [3.8, 4) is 0 Å². The quantitative estimate of drug-likeness (QED) is 0.359. The average molecular weight is 328 g/mol. The van der Waals surface area contributed by atoms with Crippen LogP contribution < -0.4 is 11.1 Å². The molecule has 0 aromatic heterocycles. The second-order valence-corrected chi connectivity index (χ2v) is 6.36. The minimum Gasteiger partial charge on any atom is -0.376 e.